The fraction of sp³-hybridized carbons (Fsp3) is 0.179. The van der Waals surface area contributed by atoms with Gasteiger partial charge >= 0.3 is 5.97 Å². The topological polar surface area (TPSA) is 37.3 Å². The average molecular weight is 430 g/mol. The highest BCUT2D eigenvalue weighted by Gasteiger charge is 2.25. The van der Waals surface area contributed by atoms with E-state index in [1.165, 1.54) is 29.8 Å². The summed E-state index contributed by atoms with van der Waals surface area (Å²) in [4.78, 5) is 11.3. The quantitative estimate of drug-likeness (QED) is 0.441. The number of rotatable bonds is 7. The van der Waals surface area contributed by atoms with Crippen LogP contribution in [0, 0.1) is 11.6 Å². The van der Waals surface area contributed by atoms with Gasteiger partial charge in [-0.15, -0.1) is 0 Å². The minimum Gasteiger partial charge on any atom is -0.481 e. The Kier molecular flexibility index (Phi) is 6.31. The lowest BCUT2D eigenvalue weighted by molar-refractivity contribution is -0.135. The molecule has 2 nitrogen and oxygen atoms in total. The number of carbonyl (C=O) groups is 1. The first-order chi connectivity index (χ1) is 15.4. The highest BCUT2D eigenvalue weighted by molar-refractivity contribution is 6.07. The molecule has 0 unspecified atom stereocenters. The molecule has 0 bridgehead atoms. The second kappa shape index (κ2) is 9.31. The number of carboxylic acids is 1. The molecule has 0 amide bonds. The van der Waals surface area contributed by atoms with Crippen LogP contribution in [0.1, 0.15) is 47.6 Å². The van der Waals surface area contributed by atoms with Crippen molar-refractivity contribution in [2.45, 2.75) is 32.6 Å². The molecule has 0 fully saturated rings. The SMILES string of the molecule is CC1=C(CC(=O)O)c2cc(F)ccc2/C1=C\c1ccc(CCCc2ccc(F)cc2)cc1. The number of aryl methyl sites for hydroxylation is 2. The molecule has 1 aliphatic carbocycles. The van der Waals surface area contributed by atoms with Crippen LogP contribution in [0.4, 0.5) is 8.78 Å². The van der Waals surface area contributed by atoms with Crippen LogP contribution in [0.2, 0.25) is 0 Å². The van der Waals surface area contributed by atoms with Gasteiger partial charge in [-0.3, -0.25) is 4.79 Å². The maximum absolute atomic E-state index is 13.8. The molecule has 0 aliphatic heterocycles. The molecule has 0 saturated heterocycles. The lowest BCUT2D eigenvalue weighted by atomic mass is 9.99. The van der Waals surface area contributed by atoms with Crippen LogP contribution in [-0.2, 0) is 17.6 Å². The standard InChI is InChI=1S/C28H24F2O2/c1-18-25(24-14-13-23(30)16-27(24)26(18)17-28(31)32)15-21-7-5-19(6-8-21)3-2-4-20-9-11-22(29)12-10-20/h5-16H,2-4,17H2,1H3,(H,31,32)/b25-15-. The molecule has 32 heavy (non-hydrogen) atoms. The zero-order valence-electron chi connectivity index (χ0n) is 17.9. The van der Waals surface area contributed by atoms with Crippen molar-refractivity contribution in [3.63, 3.8) is 0 Å². The first-order valence-electron chi connectivity index (χ1n) is 10.7. The van der Waals surface area contributed by atoms with Crippen molar-refractivity contribution in [3.05, 3.63) is 112 Å². The van der Waals surface area contributed by atoms with Crippen molar-refractivity contribution in [2.24, 2.45) is 0 Å². The van der Waals surface area contributed by atoms with E-state index in [1.807, 2.05) is 37.3 Å². The zero-order chi connectivity index (χ0) is 22.7. The van der Waals surface area contributed by atoms with Crippen molar-refractivity contribution in [2.75, 3.05) is 0 Å². The number of aliphatic carboxylic acids is 1. The second-order valence-corrected chi connectivity index (χ2v) is 8.14. The minimum absolute atomic E-state index is 0.132. The number of benzene rings is 3. The highest BCUT2D eigenvalue weighted by atomic mass is 19.1. The van der Waals surface area contributed by atoms with Crippen LogP contribution in [0.15, 0.2) is 72.3 Å². The third-order valence-electron chi connectivity index (χ3n) is 5.92. The van der Waals surface area contributed by atoms with Gasteiger partial charge in [0, 0.05) is 0 Å². The van der Waals surface area contributed by atoms with Crippen LogP contribution in [-0.4, -0.2) is 11.1 Å². The van der Waals surface area contributed by atoms with Gasteiger partial charge in [-0.2, -0.15) is 0 Å². The lowest BCUT2D eigenvalue weighted by Crippen LogP contribution is -1.97. The van der Waals surface area contributed by atoms with Gasteiger partial charge in [0.2, 0.25) is 0 Å². The maximum atomic E-state index is 13.8. The van der Waals surface area contributed by atoms with Gasteiger partial charge < -0.3 is 5.11 Å². The Morgan fingerprint density at radius 2 is 1.44 bits per heavy atom. The summed E-state index contributed by atoms with van der Waals surface area (Å²) >= 11 is 0. The Balaban J connectivity index is 1.50. The molecule has 0 saturated carbocycles. The fourth-order valence-corrected chi connectivity index (χ4v) is 4.23. The van der Waals surface area contributed by atoms with Gasteiger partial charge in [0.1, 0.15) is 11.6 Å². The molecule has 162 valence electrons. The normalized spacial score (nSPS) is 14.2. The number of hydrogen-bond donors (Lipinski definition) is 1. The van der Waals surface area contributed by atoms with Gasteiger partial charge in [-0.1, -0.05) is 42.5 Å². The summed E-state index contributed by atoms with van der Waals surface area (Å²) in [6, 6.07) is 19.5. The summed E-state index contributed by atoms with van der Waals surface area (Å²) < 4.78 is 26.8. The van der Waals surface area contributed by atoms with Crippen LogP contribution in [0.25, 0.3) is 17.2 Å². The Hall–Kier alpha value is -3.53. The van der Waals surface area contributed by atoms with E-state index >= 15 is 0 Å². The summed E-state index contributed by atoms with van der Waals surface area (Å²) in [7, 11) is 0. The minimum atomic E-state index is -0.930. The Bertz CT molecular complexity index is 1200. The molecule has 1 aliphatic rings. The van der Waals surface area contributed by atoms with E-state index in [1.54, 1.807) is 6.07 Å². The molecule has 4 heteroatoms. The summed E-state index contributed by atoms with van der Waals surface area (Å²) in [5, 5.41) is 9.28. The third-order valence-corrected chi connectivity index (χ3v) is 5.92. The van der Waals surface area contributed by atoms with E-state index in [0.29, 0.717) is 11.1 Å². The van der Waals surface area contributed by atoms with Crippen molar-refractivity contribution in [1.29, 1.82) is 0 Å². The molecule has 1 N–H and O–H groups in total. The summed E-state index contributed by atoms with van der Waals surface area (Å²) in [6.45, 7) is 1.89. The number of fused-ring (bicyclic) bond motifs is 1. The van der Waals surface area contributed by atoms with Crippen LogP contribution in [0.5, 0.6) is 0 Å². The van der Waals surface area contributed by atoms with Gasteiger partial charge in [0.15, 0.2) is 0 Å². The molecular weight excluding hydrogens is 406 g/mol. The Labute approximate surface area is 186 Å². The van der Waals surface area contributed by atoms with E-state index in [0.717, 1.165) is 47.1 Å². The molecule has 0 spiro atoms. The Morgan fingerprint density at radius 1 is 0.844 bits per heavy atom. The predicted octanol–water partition coefficient (Wildman–Crippen LogP) is 6.94. The lowest BCUT2D eigenvalue weighted by Gasteiger charge is -2.06. The van der Waals surface area contributed by atoms with E-state index in [-0.39, 0.29) is 18.1 Å². The van der Waals surface area contributed by atoms with Crippen molar-refractivity contribution >= 4 is 23.2 Å². The van der Waals surface area contributed by atoms with Crippen molar-refractivity contribution < 1.29 is 18.7 Å². The number of carboxylic acid groups (broad SMARTS) is 1. The molecule has 3 aromatic carbocycles. The van der Waals surface area contributed by atoms with Crippen LogP contribution < -0.4 is 0 Å². The Morgan fingerprint density at radius 3 is 2.06 bits per heavy atom. The van der Waals surface area contributed by atoms with Gasteiger partial charge in [0.05, 0.1) is 6.42 Å². The second-order valence-electron chi connectivity index (χ2n) is 8.14. The van der Waals surface area contributed by atoms with Gasteiger partial charge in [0.25, 0.3) is 0 Å². The molecule has 4 rings (SSSR count). The van der Waals surface area contributed by atoms with Crippen molar-refractivity contribution in [3.8, 4) is 0 Å². The smallest absolute Gasteiger partial charge is 0.307 e. The first-order valence-corrected chi connectivity index (χ1v) is 10.7. The predicted molar refractivity (Wildman–Crippen MR) is 124 cm³/mol. The average Bonchev–Trinajstić information content (AvgIpc) is 3.01. The largest absolute Gasteiger partial charge is 0.481 e. The first kappa shape index (κ1) is 21.7. The van der Waals surface area contributed by atoms with E-state index in [4.69, 9.17) is 0 Å². The molecule has 0 aromatic heterocycles. The zero-order valence-corrected chi connectivity index (χ0v) is 17.9. The summed E-state index contributed by atoms with van der Waals surface area (Å²) in [5.74, 6) is -1.51. The third kappa shape index (κ3) is 4.86. The monoisotopic (exact) mass is 430 g/mol. The van der Waals surface area contributed by atoms with E-state index in [9.17, 15) is 18.7 Å². The number of hydrogen-bond acceptors (Lipinski definition) is 1. The molecular formula is C28H24F2O2. The molecule has 0 atom stereocenters. The van der Waals surface area contributed by atoms with Gasteiger partial charge in [-0.25, -0.2) is 8.78 Å². The molecule has 0 heterocycles. The summed E-state index contributed by atoms with van der Waals surface area (Å²) in [6.07, 6.45) is 4.70. The highest BCUT2D eigenvalue weighted by Crippen LogP contribution is 2.43. The number of halogens is 2. The summed E-state index contributed by atoms with van der Waals surface area (Å²) in [5.41, 5.74) is 7.35. The van der Waals surface area contributed by atoms with E-state index < -0.39 is 5.97 Å². The van der Waals surface area contributed by atoms with Crippen LogP contribution >= 0.6 is 0 Å². The van der Waals surface area contributed by atoms with Crippen molar-refractivity contribution in [1.82, 2.24) is 0 Å². The number of allylic oxidation sites excluding steroid dienone is 2. The van der Waals surface area contributed by atoms with E-state index in [2.05, 4.69) is 12.1 Å². The molecule has 0 radical (unpaired) electrons. The van der Waals surface area contributed by atoms with Crippen LogP contribution in [0.3, 0.4) is 0 Å². The molecule has 3 aromatic rings. The van der Waals surface area contributed by atoms with Gasteiger partial charge in [-0.05, 0) is 101 Å². The fourth-order valence-electron chi connectivity index (χ4n) is 4.23. The maximum Gasteiger partial charge on any atom is 0.307 e.